The van der Waals surface area contributed by atoms with E-state index in [-0.39, 0.29) is 123 Å². The van der Waals surface area contributed by atoms with Crippen LogP contribution in [-0.2, 0) is 0 Å². The van der Waals surface area contributed by atoms with E-state index in [1.807, 2.05) is 0 Å². The SMILES string of the molecule is F.F.F.F.F.F.F.F.F.F.F.F.F.F.F.[H-].[K+]. The maximum Gasteiger partial charge on any atom is 1.00 e. The van der Waals surface area contributed by atoms with Crippen LogP contribution >= 0.6 is 0 Å². The summed E-state index contributed by atoms with van der Waals surface area (Å²) in [4.78, 5) is 0. The first-order valence-corrected chi connectivity index (χ1v) is 0. The standard InChI is InChI=1S/15FH.K.H/h15*1H;;/q;;;;;;;;;;;;;;;+1;-1. The normalized spacial score (nSPS) is 0. The van der Waals surface area contributed by atoms with Crippen LogP contribution in [0.1, 0.15) is 1.43 Å². The van der Waals surface area contributed by atoms with Crippen LogP contribution in [0, 0.1) is 0 Å². The molecule has 0 heterocycles. The third kappa shape index (κ3) is 7830. The summed E-state index contributed by atoms with van der Waals surface area (Å²) >= 11 is 0. The Morgan fingerprint density at radius 3 is 0.188 bits per heavy atom. The van der Waals surface area contributed by atoms with Crippen LogP contribution in [0.25, 0.3) is 0 Å². The van der Waals surface area contributed by atoms with E-state index in [0.717, 1.165) is 0 Å². The molecular weight excluding hydrogens is 324 g/mol. The van der Waals surface area contributed by atoms with Gasteiger partial charge in [-0.1, -0.05) is 0 Å². The molecule has 0 nitrogen and oxygen atoms in total. The Kier molecular flexibility index (Phi) is 7060000. The Labute approximate surface area is 123 Å². The van der Waals surface area contributed by atoms with Crippen molar-refractivity contribution in [3.63, 3.8) is 0 Å². The van der Waals surface area contributed by atoms with E-state index in [4.69, 9.17) is 0 Å². The molecule has 122 valence electrons. The predicted molar refractivity (Wildman–Crippen MR) is 38.7 cm³/mol. The van der Waals surface area contributed by atoms with Gasteiger partial charge in [-0.2, -0.15) is 0 Å². The second-order valence-electron chi connectivity index (χ2n) is 0. The Morgan fingerprint density at radius 2 is 0.188 bits per heavy atom. The van der Waals surface area contributed by atoms with Crippen LogP contribution in [0.5, 0.6) is 0 Å². The average Bonchev–Trinajstić information content (AvgIpc) is 0. The molecular formula is H16F15K. The molecule has 0 aromatic carbocycles. The van der Waals surface area contributed by atoms with Crippen LogP contribution < -0.4 is 51.4 Å². The summed E-state index contributed by atoms with van der Waals surface area (Å²) < 4.78 is 0. The van der Waals surface area contributed by atoms with Crippen LogP contribution in [0.4, 0.5) is 70.6 Å². The maximum atomic E-state index is 0. The van der Waals surface area contributed by atoms with Crippen molar-refractivity contribution in [1.29, 1.82) is 0 Å². The van der Waals surface area contributed by atoms with Crippen molar-refractivity contribution in [2.75, 3.05) is 0 Å². The number of rotatable bonds is 0. The second kappa shape index (κ2) is 9650. The van der Waals surface area contributed by atoms with Crippen molar-refractivity contribution >= 4 is 0 Å². The molecule has 0 rings (SSSR count). The fourth-order valence-corrected chi connectivity index (χ4v) is 0. The molecule has 0 fully saturated rings. The zero-order valence-electron chi connectivity index (χ0n) is 8.12. The van der Waals surface area contributed by atoms with Crippen molar-refractivity contribution in [3.8, 4) is 0 Å². The molecule has 0 aliphatic rings. The summed E-state index contributed by atoms with van der Waals surface area (Å²) in [6, 6.07) is 0. The largest absolute Gasteiger partial charge is 1.00 e. The fraction of sp³-hybridized carbons (Fsp3) is 0. The van der Waals surface area contributed by atoms with E-state index in [0.29, 0.717) is 0 Å². The molecule has 16 heavy (non-hydrogen) atoms. The molecule has 0 saturated heterocycles. The molecule has 0 amide bonds. The van der Waals surface area contributed by atoms with Gasteiger partial charge in [-0.15, -0.1) is 0 Å². The number of hydrogen-bond donors (Lipinski definition) is 0. The summed E-state index contributed by atoms with van der Waals surface area (Å²) in [6.07, 6.45) is 0. The van der Waals surface area contributed by atoms with Crippen LogP contribution in [0.3, 0.4) is 0 Å². The van der Waals surface area contributed by atoms with E-state index >= 15 is 0 Å². The number of halogens is 15. The monoisotopic (exact) mass is 340 g/mol. The minimum Gasteiger partial charge on any atom is -1.00 e. The smallest absolute Gasteiger partial charge is 1.00 e. The summed E-state index contributed by atoms with van der Waals surface area (Å²) in [5.41, 5.74) is 0. The molecule has 16 heteroatoms. The zero-order valence-corrected chi connectivity index (χ0v) is 10.2. The minimum atomic E-state index is 0. The van der Waals surface area contributed by atoms with E-state index in [2.05, 4.69) is 0 Å². The van der Waals surface area contributed by atoms with Gasteiger partial charge >= 0.3 is 51.4 Å². The Hall–Kier alpha value is 0.586. The van der Waals surface area contributed by atoms with Crippen molar-refractivity contribution in [3.05, 3.63) is 0 Å². The van der Waals surface area contributed by atoms with E-state index < -0.39 is 0 Å². The summed E-state index contributed by atoms with van der Waals surface area (Å²) in [5, 5.41) is 0. The van der Waals surface area contributed by atoms with Gasteiger partial charge in [0.05, 0.1) is 0 Å². The maximum absolute atomic E-state index is 0. The first kappa shape index (κ1) is 11700. The van der Waals surface area contributed by atoms with E-state index in [1.54, 1.807) is 0 Å². The van der Waals surface area contributed by atoms with Crippen molar-refractivity contribution in [1.82, 2.24) is 0 Å². The van der Waals surface area contributed by atoms with Gasteiger partial charge in [0.2, 0.25) is 0 Å². The molecule has 0 aromatic rings. The molecule has 0 spiro atoms. The van der Waals surface area contributed by atoms with E-state index in [9.17, 15) is 0 Å². The first-order valence-electron chi connectivity index (χ1n) is 0. The topological polar surface area (TPSA) is 0 Å². The van der Waals surface area contributed by atoms with Crippen LogP contribution in [0.2, 0.25) is 0 Å². The van der Waals surface area contributed by atoms with Gasteiger partial charge in [0.1, 0.15) is 0 Å². The molecule has 0 bridgehead atoms. The quantitative estimate of drug-likeness (QED) is 0.408. The predicted octanol–water partition coefficient (Wildman–Crippen LogP) is -0.596. The summed E-state index contributed by atoms with van der Waals surface area (Å²) in [5.74, 6) is 0. The molecule has 0 aliphatic heterocycles. The van der Waals surface area contributed by atoms with E-state index in [1.165, 1.54) is 0 Å². The molecule has 0 radical (unpaired) electrons. The fourth-order valence-electron chi connectivity index (χ4n) is 0. The van der Waals surface area contributed by atoms with Crippen molar-refractivity contribution in [2.24, 2.45) is 0 Å². The van der Waals surface area contributed by atoms with Crippen LogP contribution in [-0.4, -0.2) is 0 Å². The molecule has 0 N–H and O–H groups in total. The number of hydrogen-bond acceptors (Lipinski definition) is 0. The second-order valence-corrected chi connectivity index (χ2v) is 0. The third-order valence-electron chi connectivity index (χ3n) is 0. The average molecular weight is 340 g/mol. The van der Waals surface area contributed by atoms with Gasteiger partial charge in [-0.25, -0.2) is 0 Å². The first-order chi connectivity index (χ1) is 0. The summed E-state index contributed by atoms with van der Waals surface area (Å²) in [6.45, 7) is 0. The van der Waals surface area contributed by atoms with Crippen molar-refractivity contribution in [2.45, 2.75) is 0 Å². The van der Waals surface area contributed by atoms with Gasteiger partial charge in [0.15, 0.2) is 0 Å². The van der Waals surface area contributed by atoms with Gasteiger partial charge in [-0.05, 0) is 0 Å². The molecule has 0 aliphatic carbocycles. The van der Waals surface area contributed by atoms with Gasteiger partial charge in [0.25, 0.3) is 0 Å². The molecule has 0 saturated carbocycles. The van der Waals surface area contributed by atoms with Gasteiger partial charge in [0, 0.05) is 0 Å². The Morgan fingerprint density at radius 1 is 0.188 bits per heavy atom. The summed E-state index contributed by atoms with van der Waals surface area (Å²) in [7, 11) is 0. The molecule has 0 aromatic heterocycles. The van der Waals surface area contributed by atoms with Gasteiger partial charge < -0.3 is 1.43 Å². The van der Waals surface area contributed by atoms with Crippen LogP contribution in [0.15, 0.2) is 0 Å². The molecule has 0 unspecified atom stereocenters. The van der Waals surface area contributed by atoms with Gasteiger partial charge in [-0.3, -0.25) is 70.6 Å². The Bertz CT molecular complexity index is 10.9. The van der Waals surface area contributed by atoms with Crippen molar-refractivity contribution < 1.29 is 123 Å². The minimum absolute atomic E-state index is 0. The third-order valence-corrected chi connectivity index (χ3v) is 0. The zero-order chi connectivity index (χ0) is 0. The Balaban J connectivity index is 0. The molecule has 0 atom stereocenters.